The van der Waals surface area contributed by atoms with E-state index in [4.69, 9.17) is 32.7 Å². The molecule has 0 unspecified atom stereocenters. The number of rotatable bonds is 2. The van der Waals surface area contributed by atoms with Crippen molar-refractivity contribution in [3.8, 4) is 11.5 Å². The summed E-state index contributed by atoms with van der Waals surface area (Å²) >= 11 is 13.3. The highest BCUT2D eigenvalue weighted by atomic mass is 35.5. The van der Waals surface area contributed by atoms with Gasteiger partial charge in [-0.25, -0.2) is 4.99 Å². The minimum atomic E-state index is -0.223. The smallest absolute Gasteiger partial charge is 0.264 e. The summed E-state index contributed by atoms with van der Waals surface area (Å²) in [5.41, 5.74) is 1.34. The summed E-state index contributed by atoms with van der Waals surface area (Å²) in [6, 6.07) is 10.5. The second-order valence-corrected chi connectivity index (χ2v) is 7.06. The van der Waals surface area contributed by atoms with Crippen LogP contribution >= 0.6 is 35.0 Å². The van der Waals surface area contributed by atoms with Gasteiger partial charge in [0.05, 0.1) is 15.6 Å². The first kappa shape index (κ1) is 16.3. The van der Waals surface area contributed by atoms with E-state index in [1.807, 2.05) is 18.2 Å². The van der Waals surface area contributed by atoms with Gasteiger partial charge in [0.2, 0.25) is 6.79 Å². The van der Waals surface area contributed by atoms with Crippen molar-refractivity contribution in [2.75, 3.05) is 6.79 Å². The molecule has 4 rings (SSSR count). The van der Waals surface area contributed by atoms with Gasteiger partial charge in [-0.3, -0.25) is 4.79 Å². The van der Waals surface area contributed by atoms with Crippen LogP contribution in [-0.2, 0) is 4.79 Å². The number of nitrogens with one attached hydrogen (secondary N) is 1. The average Bonchev–Trinajstić information content (AvgIpc) is 3.17. The monoisotopic (exact) mass is 392 g/mol. The molecule has 1 amide bonds. The van der Waals surface area contributed by atoms with Crippen LogP contribution in [0.15, 0.2) is 46.3 Å². The quantitative estimate of drug-likeness (QED) is 0.757. The Hall–Kier alpha value is -2.15. The van der Waals surface area contributed by atoms with Gasteiger partial charge in [-0.15, -0.1) is 0 Å². The van der Waals surface area contributed by atoms with Gasteiger partial charge in [-0.2, -0.15) is 0 Å². The second-order valence-electron chi connectivity index (χ2n) is 5.19. The van der Waals surface area contributed by atoms with Crippen molar-refractivity contribution in [3.63, 3.8) is 0 Å². The molecule has 1 fully saturated rings. The number of benzene rings is 2. The molecule has 0 aliphatic carbocycles. The maximum Gasteiger partial charge on any atom is 0.264 e. The molecule has 25 heavy (non-hydrogen) atoms. The van der Waals surface area contributed by atoms with Gasteiger partial charge in [0.1, 0.15) is 0 Å². The number of hydrogen-bond donors (Lipinski definition) is 1. The Labute approximate surface area is 157 Å². The van der Waals surface area contributed by atoms with Crippen LogP contribution in [0.25, 0.3) is 6.08 Å². The van der Waals surface area contributed by atoms with Gasteiger partial charge in [0.25, 0.3) is 5.91 Å². The topological polar surface area (TPSA) is 59.9 Å². The lowest BCUT2D eigenvalue weighted by atomic mass is 10.2. The number of thioether (sulfide) groups is 1. The summed E-state index contributed by atoms with van der Waals surface area (Å²) in [7, 11) is 0. The molecular formula is C17H10Cl2N2O3S. The third-order valence-corrected chi connectivity index (χ3v) is 4.94. The maximum atomic E-state index is 12.2. The van der Waals surface area contributed by atoms with E-state index in [0.29, 0.717) is 37.3 Å². The Morgan fingerprint density at radius 3 is 2.84 bits per heavy atom. The molecule has 2 aromatic rings. The maximum absolute atomic E-state index is 12.2. The van der Waals surface area contributed by atoms with Crippen LogP contribution in [0.2, 0.25) is 10.0 Å². The van der Waals surface area contributed by atoms with E-state index in [0.717, 1.165) is 5.56 Å². The number of carbonyl (C=O) groups is 1. The van der Waals surface area contributed by atoms with E-state index in [9.17, 15) is 4.79 Å². The fraction of sp³-hybridized carbons (Fsp3) is 0.0588. The first-order valence-electron chi connectivity index (χ1n) is 7.23. The van der Waals surface area contributed by atoms with Gasteiger partial charge in [0, 0.05) is 5.02 Å². The number of halogens is 2. The Kier molecular flexibility index (Phi) is 4.33. The van der Waals surface area contributed by atoms with Gasteiger partial charge >= 0.3 is 0 Å². The normalized spacial score (nSPS) is 18.9. The van der Waals surface area contributed by atoms with Crippen molar-refractivity contribution in [2.24, 2.45) is 4.99 Å². The number of ether oxygens (including phenoxy) is 2. The zero-order valence-electron chi connectivity index (χ0n) is 12.6. The molecular weight excluding hydrogens is 383 g/mol. The van der Waals surface area contributed by atoms with Crippen molar-refractivity contribution in [1.82, 2.24) is 5.32 Å². The van der Waals surface area contributed by atoms with Crippen molar-refractivity contribution < 1.29 is 14.3 Å². The van der Waals surface area contributed by atoms with E-state index in [1.54, 1.807) is 24.3 Å². The van der Waals surface area contributed by atoms with Gasteiger partial charge in [-0.05, 0) is 53.7 Å². The molecule has 8 heteroatoms. The largest absolute Gasteiger partial charge is 0.454 e. The molecule has 0 spiro atoms. The Morgan fingerprint density at radius 1 is 1.12 bits per heavy atom. The lowest BCUT2D eigenvalue weighted by Gasteiger charge is -2.00. The lowest BCUT2D eigenvalue weighted by Crippen LogP contribution is -2.19. The molecule has 5 nitrogen and oxygen atoms in total. The van der Waals surface area contributed by atoms with Gasteiger partial charge in [-0.1, -0.05) is 29.3 Å². The van der Waals surface area contributed by atoms with E-state index < -0.39 is 0 Å². The van der Waals surface area contributed by atoms with E-state index >= 15 is 0 Å². The third kappa shape index (κ3) is 3.46. The fourth-order valence-electron chi connectivity index (χ4n) is 2.32. The summed E-state index contributed by atoms with van der Waals surface area (Å²) in [6.45, 7) is 0.210. The van der Waals surface area contributed by atoms with Crippen LogP contribution in [-0.4, -0.2) is 17.9 Å². The van der Waals surface area contributed by atoms with Gasteiger partial charge < -0.3 is 14.8 Å². The molecule has 0 bridgehead atoms. The zero-order valence-corrected chi connectivity index (χ0v) is 14.9. The fourth-order valence-corrected chi connectivity index (χ4v) is 3.48. The zero-order chi connectivity index (χ0) is 17.4. The number of amidine groups is 1. The highest BCUT2D eigenvalue weighted by molar-refractivity contribution is 8.18. The number of nitrogens with zero attached hydrogens (tertiary/aromatic N) is 1. The Balaban J connectivity index is 1.60. The average molecular weight is 393 g/mol. The molecule has 2 aromatic carbocycles. The molecule has 0 saturated carbocycles. The first-order chi connectivity index (χ1) is 12.1. The van der Waals surface area contributed by atoms with Crippen LogP contribution in [0.5, 0.6) is 11.5 Å². The predicted molar refractivity (Wildman–Crippen MR) is 99.8 cm³/mol. The van der Waals surface area contributed by atoms with Crippen molar-refractivity contribution >= 4 is 57.8 Å². The number of amides is 1. The number of fused-ring (bicyclic) bond motifs is 1. The minimum absolute atomic E-state index is 0.210. The van der Waals surface area contributed by atoms with Crippen molar-refractivity contribution in [2.45, 2.75) is 0 Å². The molecule has 2 aliphatic rings. The number of aliphatic imine (C=N–C) groups is 1. The standard InChI is InChI=1S/C17H10Cl2N2O3S/c18-10-2-3-11(19)12(7-10)20-17-21-16(22)15(25-17)6-9-1-4-13-14(5-9)24-8-23-13/h1-7H,8H2,(H,20,21,22)/b15-6+. The van der Waals surface area contributed by atoms with E-state index in [2.05, 4.69) is 10.3 Å². The molecule has 1 saturated heterocycles. The van der Waals surface area contributed by atoms with Crippen LogP contribution < -0.4 is 14.8 Å². The minimum Gasteiger partial charge on any atom is -0.454 e. The molecule has 0 radical (unpaired) electrons. The molecule has 2 heterocycles. The Bertz CT molecular complexity index is 943. The van der Waals surface area contributed by atoms with E-state index in [-0.39, 0.29) is 12.7 Å². The molecule has 0 atom stereocenters. The Morgan fingerprint density at radius 2 is 1.96 bits per heavy atom. The molecule has 0 aromatic heterocycles. The summed E-state index contributed by atoms with van der Waals surface area (Å²) in [6.07, 6.45) is 1.77. The van der Waals surface area contributed by atoms with Gasteiger partial charge in [0.15, 0.2) is 16.7 Å². The van der Waals surface area contributed by atoms with Crippen LogP contribution in [0.3, 0.4) is 0 Å². The SMILES string of the molecule is O=C1NC(=Nc2cc(Cl)ccc2Cl)S/C1=C/c1ccc2c(c1)OCO2. The highest BCUT2D eigenvalue weighted by Crippen LogP contribution is 2.35. The van der Waals surface area contributed by atoms with Crippen molar-refractivity contribution in [1.29, 1.82) is 0 Å². The highest BCUT2D eigenvalue weighted by Gasteiger charge is 2.24. The summed E-state index contributed by atoms with van der Waals surface area (Å²) in [4.78, 5) is 17.1. The lowest BCUT2D eigenvalue weighted by molar-refractivity contribution is -0.115. The molecule has 126 valence electrons. The second kappa shape index (κ2) is 6.63. The van der Waals surface area contributed by atoms with Crippen molar-refractivity contribution in [3.05, 3.63) is 56.9 Å². The van der Waals surface area contributed by atoms with Crippen LogP contribution in [0.4, 0.5) is 5.69 Å². The molecule has 1 N–H and O–H groups in total. The van der Waals surface area contributed by atoms with E-state index in [1.165, 1.54) is 11.8 Å². The van der Waals surface area contributed by atoms with Crippen LogP contribution in [0, 0.1) is 0 Å². The first-order valence-corrected chi connectivity index (χ1v) is 8.80. The summed E-state index contributed by atoms with van der Waals surface area (Å²) in [5.74, 6) is 1.14. The predicted octanol–water partition coefficient (Wildman–Crippen LogP) is 4.61. The number of hydrogen-bond acceptors (Lipinski definition) is 5. The summed E-state index contributed by atoms with van der Waals surface area (Å²) < 4.78 is 10.6. The van der Waals surface area contributed by atoms with Crippen LogP contribution in [0.1, 0.15) is 5.56 Å². The number of carbonyl (C=O) groups excluding carboxylic acids is 1. The third-order valence-electron chi connectivity index (χ3n) is 3.48. The summed E-state index contributed by atoms with van der Waals surface area (Å²) in [5, 5.41) is 4.15. The molecule has 2 aliphatic heterocycles.